The lowest BCUT2D eigenvalue weighted by molar-refractivity contribution is -0.136. The lowest BCUT2D eigenvalue weighted by Gasteiger charge is -2.13. The maximum absolute atomic E-state index is 13.1. The van der Waals surface area contributed by atoms with Gasteiger partial charge in [-0.05, 0) is 57.7 Å². The first-order valence-corrected chi connectivity index (χ1v) is 10.6. The number of halogens is 2. The number of aromatic hydroxyl groups is 1. The fraction of sp³-hybridized carbons (Fsp3) is 0.208. The van der Waals surface area contributed by atoms with Crippen LogP contribution in [0.1, 0.15) is 18.4 Å². The molecule has 5 nitrogen and oxygen atoms in total. The second-order valence-corrected chi connectivity index (χ2v) is 7.71. The van der Waals surface area contributed by atoms with E-state index in [4.69, 9.17) is 14.6 Å². The maximum Gasteiger partial charge on any atom is 0.303 e. The van der Waals surface area contributed by atoms with E-state index in [1.54, 1.807) is 18.2 Å². The van der Waals surface area contributed by atoms with Crippen LogP contribution in [0.15, 0.2) is 65.1 Å². The first-order valence-electron chi connectivity index (χ1n) is 9.78. The van der Waals surface area contributed by atoms with E-state index in [2.05, 4.69) is 15.9 Å². The van der Waals surface area contributed by atoms with Crippen LogP contribution in [0.5, 0.6) is 17.2 Å². The predicted molar refractivity (Wildman–Crippen MR) is 119 cm³/mol. The first-order chi connectivity index (χ1) is 14.9. The minimum absolute atomic E-state index is 0.0356. The molecule has 0 heterocycles. The highest BCUT2D eigenvalue weighted by Gasteiger charge is 2.11. The van der Waals surface area contributed by atoms with Gasteiger partial charge in [0.05, 0.1) is 17.7 Å². The maximum atomic E-state index is 13.1. The largest absolute Gasteiger partial charge is 0.507 e. The van der Waals surface area contributed by atoms with E-state index in [0.717, 1.165) is 5.56 Å². The van der Waals surface area contributed by atoms with Crippen molar-refractivity contribution in [2.24, 2.45) is 0 Å². The average Bonchev–Trinajstić information content (AvgIpc) is 2.75. The van der Waals surface area contributed by atoms with Gasteiger partial charge in [-0.15, -0.1) is 0 Å². The number of benzene rings is 3. The van der Waals surface area contributed by atoms with Crippen molar-refractivity contribution >= 4 is 21.9 Å². The third-order valence-corrected chi connectivity index (χ3v) is 5.21. The lowest BCUT2D eigenvalue weighted by Crippen LogP contribution is -2.07. The number of rotatable bonds is 10. The minimum atomic E-state index is -0.845. The standard InChI is InChI=1S/C24H22BrFO5/c25-20-14-19(16-6-9-18(26)10-7-16)21(27)15-23(20)31-13-3-12-30-22-5-2-1-4-17(22)8-11-24(28)29/h1-2,4-7,9-10,14-15,27H,3,8,11-13H2,(H,28,29). The normalized spacial score (nSPS) is 10.6. The van der Waals surface area contributed by atoms with E-state index >= 15 is 0 Å². The summed E-state index contributed by atoms with van der Waals surface area (Å²) < 4.78 is 25.3. The molecule has 0 amide bonds. The molecule has 0 aliphatic heterocycles. The van der Waals surface area contributed by atoms with E-state index < -0.39 is 5.97 Å². The monoisotopic (exact) mass is 488 g/mol. The van der Waals surface area contributed by atoms with Crippen molar-refractivity contribution in [2.75, 3.05) is 13.2 Å². The summed E-state index contributed by atoms with van der Waals surface area (Å²) in [7, 11) is 0. The van der Waals surface area contributed by atoms with Gasteiger partial charge in [-0.2, -0.15) is 0 Å². The number of carbonyl (C=O) groups is 1. The summed E-state index contributed by atoms with van der Waals surface area (Å²) in [5.74, 6) is 0.0151. The molecule has 162 valence electrons. The summed E-state index contributed by atoms with van der Waals surface area (Å²) in [6.45, 7) is 0.770. The summed E-state index contributed by atoms with van der Waals surface area (Å²) in [6.07, 6.45) is 1.06. The van der Waals surface area contributed by atoms with Crippen LogP contribution in [0.3, 0.4) is 0 Å². The zero-order chi connectivity index (χ0) is 22.2. The molecule has 0 radical (unpaired) electrons. The number of para-hydroxylation sites is 1. The van der Waals surface area contributed by atoms with Crippen molar-refractivity contribution in [3.05, 3.63) is 76.5 Å². The second kappa shape index (κ2) is 10.8. The fourth-order valence-corrected chi connectivity index (χ4v) is 3.49. The third-order valence-electron chi connectivity index (χ3n) is 4.59. The van der Waals surface area contributed by atoms with Crippen molar-refractivity contribution in [3.8, 4) is 28.4 Å². The van der Waals surface area contributed by atoms with Gasteiger partial charge >= 0.3 is 5.97 Å². The number of hydrogen-bond donors (Lipinski definition) is 2. The summed E-state index contributed by atoms with van der Waals surface area (Å²) in [4.78, 5) is 10.8. The Balaban J connectivity index is 1.53. The smallest absolute Gasteiger partial charge is 0.303 e. The summed E-state index contributed by atoms with van der Waals surface area (Å²) in [6, 6.07) is 16.5. The van der Waals surface area contributed by atoms with Crippen molar-refractivity contribution in [2.45, 2.75) is 19.3 Å². The highest BCUT2D eigenvalue weighted by molar-refractivity contribution is 9.10. The molecule has 0 unspecified atom stereocenters. The van der Waals surface area contributed by atoms with Gasteiger partial charge in [0, 0.05) is 24.5 Å². The number of carboxylic acids is 1. The minimum Gasteiger partial charge on any atom is -0.507 e. The Kier molecular flexibility index (Phi) is 7.89. The number of aryl methyl sites for hydroxylation is 1. The van der Waals surface area contributed by atoms with E-state index in [-0.39, 0.29) is 18.0 Å². The summed E-state index contributed by atoms with van der Waals surface area (Å²) in [5, 5.41) is 19.2. The Morgan fingerprint density at radius 1 is 0.968 bits per heavy atom. The molecule has 0 atom stereocenters. The predicted octanol–water partition coefficient (Wildman–Crippen LogP) is 5.83. The lowest BCUT2D eigenvalue weighted by atomic mass is 10.0. The van der Waals surface area contributed by atoms with Gasteiger partial charge in [-0.25, -0.2) is 4.39 Å². The molecule has 0 saturated heterocycles. The zero-order valence-electron chi connectivity index (χ0n) is 16.7. The van der Waals surface area contributed by atoms with Gasteiger partial charge in [0.15, 0.2) is 0 Å². The Hall–Kier alpha value is -3.06. The Morgan fingerprint density at radius 3 is 2.35 bits per heavy atom. The number of aliphatic carboxylic acids is 1. The molecule has 0 fully saturated rings. The number of hydrogen-bond acceptors (Lipinski definition) is 4. The average molecular weight is 489 g/mol. The molecule has 3 rings (SSSR count). The van der Waals surface area contributed by atoms with Gasteiger partial charge in [0.2, 0.25) is 0 Å². The Labute approximate surface area is 188 Å². The third kappa shape index (κ3) is 6.46. The molecule has 0 saturated carbocycles. The van der Waals surface area contributed by atoms with Crippen LogP contribution >= 0.6 is 15.9 Å². The van der Waals surface area contributed by atoms with Crippen LogP contribution in [0.25, 0.3) is 11.1 Å². The van der Waals surface area contributed by atoms with Gasteiger partial charge < -0.3 is 19.7 Å². The molecular formula is C24H22BrFO5. The quantitative estimate of drug-likeness (QED) is 0.351. The molecule has 3 aromatic rings. The van der Waals surface area contributed by atoms with Crippen LogP contribution in [-0.4, -0.2) is 29.4 Å². The van der Waals surface area contributed by atoms with Crippen LogP contribution in [-0.2, 0) is 11.2 Å². The van der Waals surface area contributed by atoms with Crippen LogP contribution in [0, 0.1) is 5.82 Å². The van der Waals surface area contributed by atoms with Gasteiger partial charge in [-0.3, -0.25) is 4.79 Å². The van der Waals surface area contributed by atoms with E-state index in [0.29, 0.717) is 53.2 Å². The van der Waals surface area contributed by atoms with Gasteiger partial charge in [-0.1, -0.05) is 30.3 Å². The van der Waals surface area contributed by atoms with Gasteiger partial charge in [0.1, 0.15) is 23.1 Å². The van der Waals surface area contributed by atoms with Crippen molar-refractivity contribution in [1.29, 1.82) is 0 Å². The first kappa shape index (κ1) is 22.6. The van der Waals surface area contributed by atoms with Crippen LogP contribution in [0.2, 0.25) is 0 Å². The summed E-state index contributed by atoms with van der Waals surface area (Å²) in [5.41, 5.74) is 2.12. The number of phenolic OH excluding ortho intramolecular Hbond substituents is 1. The highest BCUT2D eigenvalue weighted by Crippen LogP contribution is 2.38. The van der Waals surface area contributed by atoms with E-state index in [1.807, 2.05) is 24.3 Å². The molecule has 31 heavy (non-hydrogen) atoms. The topological polar surface area (TPSA) is 76.0 Å². The zero-order valence-corrected chi connectivity index (χ0v) is 18.3. The Bertz CT molecular complexity index is 1040. The molecule has 2 N–H and O–H groups in total. The molecule has 3 aromatic carbocycles. The molecule has 0 aliphatic carbocycles. The second-order valence-electron chi connectivity index (χ2n) is 6.86. The number of phenols is 1. The fourth-order valence-electron chi connectivity index (χ4n) is 3.03. The van der Waals surface area contributed by atoms with E-state index in [1.165, 1.54) is 18.2 Å². The summed E-state index contributed by atoms with van der Waals surface area (Å²) >= 11 is 3.45. The van der Waals surface area contributed by atoms with Crippen LogP contribution in [0.4, 0.5) is 4.39 Å². The molecule has 0 spiro atoms. The van der Waals surface area contributed by atoms with Gasteiger partial charge in [0.25, 0.3) is 0 Å². The van der Waals surface area contributed by atoms with Crippen molar-refractivity contribution in [1.82, 2.24) is 0 Å². The SMILES string of the molecule is O=C(O)CCc1ccccc1OCCCOc1cc(O)c(-c2ccc(F)cc2)cc1Br. The molecule has 0 aromatic heterocycles. The van der Waals surface area contributed by atoms with Crippen molar-refractivity contribution < 1.29 is 28.9 Å². The number of carboxylic acid groups (broad SMARTS) is 1. The number of ether oxygens (including phenoxy) is 2. The molecule has 7 heteroatoms. The molecule has 0 bridgehead atoms. The Morgan fingerprint density at radius 2 is 1.65 bits per heavy atom. The highest BCUT2D eigenvalue weighted by atomic mass is 79.9. The van der Waals surface area contributed by atoms with E-state index in [9.17, 15) is 14.3 Å². The molecule has 0 aliphatic rings. The van der Waals surface area contributed by atoms with Crippen LogP contribution < -0.4 is 9.47 Å². The van der Waals surface area contributed by atoms with Crippen molar-refractivity contribution in [3.63, 3.8) is 0 Å². The molecular weight excluding hydrogens is 467 g/mol.